The smallest absolute Gasteiger partial charge is 0.320 e. The number of hydrogen-bond donors (Lipinski definition) is 4. The third-order valence-electron chi connectivity index (χ3n) is 1.80. The van der Waals surface area contributed by atoms with Crippen molar-refractivity contribution in [1.29, 1.82) is 0 Å². The van der Waals surface area contributed by atoms with Crippen molar-refractivity contribution < 1.29 is 9.90 Å². The molecule has 0 aliphatic carbocycles. The maximum Gasteiger partial charge on any atom is 0.320 e. The van der Waals surface area contributed by atoms with Crippen LogP contribution >= 0.6 is 12.2 Å². The first-order valence-corrected chi connectivity index (χ1v) is 4.37. The highest BCUT2D eigenvalue weighted by molar-refractivity contribution is 7.80. The highest BCUT2D eigenvalue weighted by Gasteiger charge is 2.19. The Hall–Kier alpha value is -0.880. The molecule has 5 nitrogen and oxygen atoms in total. The summed E-state index contributed by atoms with van der Waals surface area (Å²) in [5.74, 6) is -1.08. The Kier molecular flexibility index (Phi) is 5.33. The zero-order chi connectivity index (χ0) is 10.4. The van der Waals surface area contributed by atoms with Crippen LogP contribution in [0.15, 0.2) is 0 Å². The molecule has 1 unspecified atom stereocenters. The van der Waals surface area contributed by atoms with Crippen LogP contribution in [0, 0.1) is 5.92 Å². The number of carbonyl (C=O) groups is 1. The lowest BCUT2D eigenvalue weighted by atomic mass is 9.99. The van der Waals surface area contributed by atoms with E-state index in [1.54, 1.807) is 6.92 Å². The number of carboxylic acids is 1. The van der Waals surface area contributed by atoms with Crippen LogP contribution < -0.4 is 16.8 Å². The zero-order valence-electron chi connectivity index (χ0n) is 7.49. The quantitative estimate of drug-likeness (QED) is 0.441. The molecular formula is C7H15N3O2S. The van der Waals surface area contributed by atoms with Gasteiger partial charge in [-0.3, -0.25) is 4.79 Å². The molecule has 76 valence electrons. The van der Waals surface area contributed by atoms with Crippen LogP contribution in [0.3, 0.4) is 0 Å². The Balaban J connectivity index is 3.67. The highest BCUT2D eigenvalue weighted by atomic mass is 32.1. The number of carboxylic acid groups (broad SMARTS) is 1. The van der Waals surface area contributed by atoms with Crippen molar-refractivity contribution in [2.45, 2.75) is 19.4 Å². The standard InChI is InChI=1S/C7H15N3O2S/c1-4(5(8)6(11)12)2-3-10-7(9)13/h4-5H,2-3,8H2,1H3,(H,11,12)(H3,9,10,13)/t4?,5-/m0/s1. The SMILES string of the molecule is CC(CCNC(N)=S)[C@H](N)C(=O)O. The van der Waals surface area contributed by atoms with E-state index in [9.17, 15) is 4.79 Å². The molecule has 0 fully saturated rings. The van der Waals surface area contributed by atoms with Gasteiger partial charge in [-0.2, -0.15) is 0 Å². The van der Waals surface area contributed by atoms with Gasteiger partial charge >= 0.3 is 5.97 Å². The summed E-state index contributed by atoms with van der Waals surface area (Å²) in [5.41, 5.74) is 10.6. The third kappa shape index (κ3) is 5.37. The monoisotopic (exact) mass is 205 g/mol. The van der Waals surface area contributed by atoms with Crippen LogP contribution in [0.5, 0.6) is 0 Å². The Morgan fingerprint density at radius 2 is 2.23 bits per heavy atom. The van der Waals surface area contributed by atoms with Crippen molar-refractivity contribution in [1.82, 2.24) is 5.32 Å². The number of hydrogen-bond acceptors (Lipinski definition) is 3. The van der Waals surface area contributed by atoms with E-state index in [-0.39, 0.29) is 11.0 Å². The van der Waals surface area contributed by atoms with Gasteiger partial charge in [0.2, 0.25) is 0 Å². The van der Waals surface area contributed by atoms with E-state index in [4.69, 9.17) is 16.6 Å². The normalized spacial score (nSPS) is 14.6. The van der Waals surface area contributed by atoms with Gasteiger partial charge in [-0.1, -0.05) is 6.92 Å². The summed E-state index contributed by atoms with van der Waals surface area (Å²) < 4.78 is 0. The van der Waals surface area contributed by atoms with Crippen LogP contribution in [-0.4, -0.2) is 28.8 Å². The molecule has 0 rings (SSSR count). The Morgan fingerprint density at radius 1 is 1.69 bits per heavy atom. The molecule has 0 amide bonds. The predicted molar refractivity (Wildman–Crippen MR) is 54.2 cm³/mol. The number of nitrogens with two attached hydrogens (primary N) is 2. The lowest BCUT2D eigenvalue weighted by molar-refractivity contribution is -0.139. The topological polar surface area (TPSA) is 101 Å². The third-order valence-corrected chi connectivity index (χ3v) is 1.94. The minimum atomic E-state index is -0.983. The van der Waals surface area contributed by atoms with Crippen molar-refractivity contribution in [2.75, 3.05) is 6.54 Å². The average molecular weight is 205 g/mol. The lowest BCUT2D eigenvalue weighted by Crippen LogP contribution is -2.39. The van der Waals surface area contributed by atoms with E-state index < -0.39 is 12.0 Å². The van der Waals surface area contributed by atoms with Crippen LogP contribution in [0.25, 0.3) is 0 Å². The fraction of sp³-hybridized carbons (Fsp3) is 0.714. The van der Waals surface area contributed by atoms with Gasteiger partial charge in [0, 0.05) is 6.54 Å². The molecule has 0 aromatic heterocycles. The number of aliphatic carboxylic acids is 1. The van der Waals surface area contributed by atoms with Gasteiger partial charge in [-0.25, -0.2) is 0 Å². The van der Waals surface area contributed by atoms with Crippen molar-refractivity contribution in [3.05, 3.63) is 0 Å². The molecule has 0 heterocycles. The molecule has 0 aromatic carbocycles. The summed E-state index contributed by atoms with van der Waals surface area (Å²) in [5, 5.41) is 11.5. The Labute approximate surface area is 82.5 Å². The minimum Gasteiger partial charge on any atom is -0.480 e. The fourth-order valence-corrected chi connectivity index (χ4v) is 0.948. The van der Waals surface area contributed by atoms with E-state index in [0.29, 0.717) is 13.0 Å². The summed E-state index contributed by atoms with van der Waals surface area (Å²) in [6, 6.07) is -0.826. The first kappa shape index (κ1) is 12.1. The van der Waals surface area contributed by atoms with Gasteiger partial charge in [0.15, 0.2) is 5.11 Å². The summed E-state index contributed by atoms with van der Waals surface area (Å²) in [7, 11) is 0. The van der Waals surface area contributed by atoms with Crippen LogP contribution in [0.2, 0.25) is 0 Å². The average Bonchev–Trinajstić information content (AvgIpc) is 2.02. The van der Waals surface area contributed by atoms with Crippen molar-refractivity contribution in [3.63, 3.8) is 0 Å². The Bertz CT molecular complexity index is 198. The van der Waals surface area contributed by atoms with Crippen molar-refractivity contribution in [2.24, 2.45) is 17.4 Å². The van der Waals surface area contributed by atoms with Gasteiger partial charge < -0.3 is 21.9 Å². The molecule has 0 spiro atoms. The van der Waals surface area contributed by atoms with E-state index in [1.165, 1.54) is 0 Å². The molecule has 0 aromatic rings. The van der Waals surface area contributed by atoms with E-state index >= 15 is 0 Å². The minimum absolute atomic E-state index is 0.0978. The van der Waals surface area contributed by atoms with Crippen molar-refractivity contribution >= 4 is 23.3 Å². The molecule has 0 bridgehead atoms. The molecule has 2 atom stereocenters. The van der Waals surface area contributed by atoms with Crippen LogP contribution in [0.1, 0.15) is 13.3 Å². The molecule has 6 N–H and O–H groups in total. The summed E-state index contributed by atoms with van der Waals surface area (Å²) in [6.45, 7) is 2.33. The molecule has 0 aliphatic heterocycles. The van der Waals surface area contributed by atoms with Gasteiger partial charge in [-0.05, 0) is 24.6 Å². The first-order chi connectivity index (χ1) is 5.95. The molecule has 13 heavy (non-hydrogen) atoms. The number of nitrogens with one attached hydrogen (secondary N) is 1. The fourth-order valence-electron chi connectivity index (χ4n) is 0.846. The second kappa shape index (κ2) is 5.71. The molecule has 6 heteroatoms. The maximum atomic E-state index is 10.4. The molecular weight excluding hydrogens is 190 g/mol. The predicted octanol–water partition coefficient (Wildman–Crippen LogP) is -0.742. The number of thiocarbonyl (C=S) groups is 1. The highest BCUT2D eigenvalue weighted by Crippen LogP contribution is 2.04. The van der Waals surface area contributed by atoms with E-state index in [0.717, 1.165) is 0 Å². The summed E-state index contributed by atoms with van der Waals surface area (Å²) >= 11 is 4.58. The molecule has 0 radical (unpaired) electrons. The van der Waals surface area contributed by atoms with Crippen molar-refractivity contribution in [3.8, 4) is 0 Å². The van der Waals surface area contributed by atoms with Crippen LogP contribution in [-0.2, 0) is 4.79 Å². The van der Waals surface area contributed by atoms with E-state index in [1.807, 2.05) is 0 Å². The largest absolute Gasteiger partial charge is 0.480 e. The van der Waals surface area contributed by atoms with Gasteiger partial charge in [0.25, 0.3) is 0 Å². The molecule has 0 aliphatic rings. The zero-order valence-corrected chi connectivity index (χ0v) is 8.30. The molecule has 0 saturated heterocycles. The number of rotatable bonds is 5. The van der Waals surface area contributed by atoms with Gasteiger partial charge in [-0.15, -0.1) is 0 Å². The maximum absolute atomic E-state index is 10.4. The second-order valence-corrected chi connectivity index (χ2v) is 3.36. The summed E-state index contributed by atoms with van der Waals surface area (Å²) in [6.07, 6.45) is 0.630. The van der Waals surface area contributed by atoms with Crippen LogP contribution in [0.4, 0.5) is 0 Å². The second-order valence-electron chi connectivity index (χ2n) is 2.92. The Morgan fingerprint density at radius 3 is 2.62 bits per heavy atom. The van der Waals surface area contributed by atoms with E-state index in [2.05, 4.69) is 17.5 Å². The van der Waals surface area contributed by atoms with Gasteiger partial charge in [0.1, 0.15) is 6.04 Å². The molecule has 0 saturated carbocycles. The first-order valence-electron chi connectivity index (χ1n) is 3.97. The van der Waals surface area contributed by atoms with Gasteiger partial charge in [0.05, 0.1) is 0 Å². The summed E-state index contributed by atoms with van der Waals surface area (Å²) in [4.78, 5) is 10.4. The lowest BCUT2D eigenvalue weighted by Gasteiger charge is -2.15.